The summed E-state index contributed by atoms with van der Waals surface area (Å²) in [5.74, 6) is 1.32. The summed E-state index contributed by atoms with van der Waals surface area (Å²) in [6.07, 6.45) is 2.65. The molecule has 0 unspecified atom stereocenters. The van der Waals surface area contributed by atoms with E-state index in [0.29, 0.717) is 14.2 Å². The van der Waals surface area contributed by atoms with E-state index in [1.807, 2.05) is 0 Å². The molecule has 0 bridgehead atoms. The minimum atomic E-state index is -1.57. The first-order chi connectivity index (χ1) is 9.18. The van der Waals surface area contributed by atoms with Gasteiger partial charge in [0.2, 0.25) is 0 Å². The molecule has 0 aliphatic carbocycles. The smallest absolute Gasteiger partial charge is 0.152 e. The minimum absolute atomic E-state index is 0.335. The second-order valence-corrected chi connectivity index (χ2v) is 29.0. The molecule has 0 aliphatic rings. The van der Waals surface area contributed by atoms with Gasteiger partial charge in [-0.3, -0.25) is 0 Å². The lowest BCUT2D eigenvalue weighted by atomic mass is 10.3. The van der Waals surface area contributed by atoms with Crippen molar-refractivity contribution in [1.82, 2.24) is 0 Å². The zero-order chi connectivity index (χ0) is 16.9. The molecule has 0 spiro atoms. The molecule has 0 rings (SSSR count). The molecule has 128 valence electrons. The van der Waals surface area contributed by atoms with E-state index in [2.05, 4.69) is 114 Å². The fourth-order valence-electron chi connectivity index (χ4n) is 1.62. The molecular weight excluding hydrogens is 349 g/mol. The van der Waals surface area contributed by atoms with Gasteiger partial charge in [-0.1, -0.05) is 75.7 Å². The third kappa shape index (κ3) is 12.7. The van der Waals surface area contributed by atoms with Crippen LogP contribution in [0.5, 0.6) is 0 Å². The van der Waals surface area contributed by atoms with Crippen LogP contribution in [0.4, 0.5) is 0 Å². The van der Waals surface area contributed by atoms with Crippen molar-refractivity contribution in [2.75, 3.05) is 5.75 Å². The summed E-state index contributed by atoms with van der Waals surface area (Å²) < 4.78 is -0.567. The first-order valence-electron chi connectivity index (χ1n) is 7.92. The average molecular weight is 385 g/mol. The Balaban J connectivity index is 5.36. The quantitative estimate of drug-likeness (QED) is 0.328. The van der Waals surface area contributed by atoms with E-state index in [1.54, 1.807) is 0 Å². The summed E-state index contributed by atoms with van der Waals surface area (Å²) in [6, 6.07) is 0. The van der Waals surface area contributed by atoms with Gasteiger partial charge in [-0.15, -0.1) is 33.6 Å². The van der Waals surface area contributed by atoms with Crippen molar-refractivity contribution in [3.63, 3.8) is 0 Å². The van der Waals surface area contributed by atoms with Crippen molar-refractivity contribution < 1.29 is 0 Å². The molecule has 21 heavy (non-hydrogen) atoms. The highest BCUT2D eigenvalue weighted by molar-refractivity contribution is 9.00. The molecule has 0 fully saturated rings. The molecule has 0 amide bonds. The van der Waals surface area contributed by atoms with Crippen LogP contribution in [-0.4, -0.2) is 24.7 Å². The number of unbranched alkanes of at least 4 members (excludes halogenated alkanes) is 1. The van der Waals surface area contributed by atoms with Crippen molar-refractivity contribution in [2.45, 2.75) is 96.3 Å². The van der Waals surface area contributed by atoms with E-state index < -0.39 is 4.67 Å². The third-order valence-electron chi connectivity index (χ3n) is 2.07. The summed E-state index contributed by atoms with van der Waals surface area (Å²) in [4.78, 5) is 0. The largest absolute Gasteiger partial charge is 0.302 e. The Kier molecular flexibility index (Phi) is 9.30. The van der Waals surface area contributed by atoms with Gasteiger partial charge in [0.1, 0.15) is 0 Å². The van der Waals surface area contributed by atoms with Gasteiger partial charge in [0.05, 0.1) is 0 Å². The molecule has 0 N–H and O–H groups in total. The monoisotopic (exact) mass is 384 g/mol. The van der Waals surface area contributed by atoms with Gasteiger partial charge in [-0.25, -0.2) is 0 Å². The number of hydrogen-bond donors (Lipinski definition) is 0. The highest BCUT2D eigenvalue weighted by Gasteiger charge is 2.46. The van der Waals surface area contributed by atoms with Gasteiger partial charge < -0.3 is 0 Å². The Labute approximate surface area is 151 Å². The minimum Gasteiger partial charge on any atom is -0.152 e. The van der Waals surface area contributed by atoms with Crippen LogP contribution < -0.4 is 0 Å². The molecule has 0 aliphatic heterocycles. The molecule has 0 saturated heterocycles. The molecule has 0 aromatic heterocycles. The van der Waals surface area contributed by atoms with E-state index >= 15 is 0 Å². The normalized spacial score (nSPS) is 14.6. The maximum Gasteiger partial charge on any atom is 0.302 e. The average Bonchev–Trinajstić information content (AvgIpc) is 2.08. The Morgan fingerprint density at radius 3 is 1.24 bits per heavy atom. The first kappa shape index (κ1) is 22.6. The topological polar surface area (TPSA) is 0 Å². The van der Waals surface area contributed by atoms with Gasteiger partial charge in [-0.05, 0) is 12.2 Å². The molecule has 0 heterocycles. The lowest BCUT2D eigenvalue weighted by molar-refractivity contribution is 0.805. The SMILES string of the molecule is CCCCS[Si](SC(C)(C)C)(SC(C)(C)C)SC(C)(C)C. The summed E-state index contributed by atoms with van der Waals surface area (Å²) in [7, 11) is 0. The van der Waals surface area contributed by atoms with E-state index in [-0.39, 0.29) is 0 Å². The van der Waals surface area contributed by atoms with Crippen LogP contribution in [-0.2, 0) is 0 Å². The molecular formula is C16H36S4Si. The van der Waals surface area contributed by atoms with Crippen LogP contribution in [0.25, 0.3) is 0 Å². The molecule has 0 nitrogen and oxygen atoms in total. The Morgan fingerprint density at radius 2 is 1.00 bits per heavy atom. The van der Waals surface area contributed by atoms with Gasteiger partial charge in [0, 0.05) is 14.2 Å². The highest BCUT2D eigenvalue weighted by atomic mass is 32.9. The fraction of sp³-hybridized carbons (Fsp3) is 1.00. The second-order valence-electron chi connectivity index (χ2n) is 8.35. The second kappa shape index (κ2) is 8.64. The van der Waals surface area contributed by atoms with Crippen molar-refractivity contribution in [2.24, 2.45) is 0 Å². The van der Waals surface area contributed by atoms with Crippen LogP contribution in [0.3, 0.4) is 0 Å². The van der Waals surface area contributed by atoms with Gasteiger partial charge in [-0.2, -0.15) is 11.2 Å². The van der Waals surface area contributed by atoms with E-state index in [4.69, 9.17) is 0 Å². The van der Waals surface area contributed by atoms with Crippen molar-refractivity contribution in [3.05, 3.63) is 0 Å². The van der Waals surface area contributed by atoms with Crippen LogP contribution >= 0.6 is 44.8 Å². The summed E-state index contributed by atoms with van der Waals surface area (Å²) >= 11 is 9.15. The molecule has 0 atom stereocenters. The Bertz CT molecular complexity index is 256. The van der Waals surface area contributed by atoms with Crippen molar-refractivity contribution in [3.8, 4) is 0 Å². The van der Waals surface area contributed by atoms with Crippen LogP contribution in [0.2, 0.25) is 0 Å². The third-order valence-corrected chi connectivity index (χ3v) is 24.9. The van der Waals surface area contributed by atoms with Crippen molar-refractivity contribution >= 4 is 49.5 Å². The zero-order valence-electron chi connectivity index (χ0n) is 15.8. The fourth-order valence-corrected chi connectivity index (χ4v) is 38.9. The standard InChI is InChI=1S/C16H36S4Si/c1-11-12-13-17-21(18-14(2,3)4,19-15(5,6)7)20-16(8,9)10/h11-13H2,1-10H3. The summed E-state index contributed by atoms with van der Waals surface area (Å²) in [5.41, 5.74) is 0. The maximum absolute atomic E-state index is 2.38. The lowest BCUT2D eigenvalue weighted by Gasteiger charge is -2.41. The van der Waals surface area contributed by atoms with Gasteiger partial charge >= 0.3 is 4.67 Å². The van der Waals surface area contributed by atoms with E-state index in [9.17, 15) is 0 Å². The summed E-state index contributed by atoms with van der Waals surface area (Å²) in [5, 5.41) is 0. The molecule has 0 aromatic rings. The maximum atomic E-state index is 2.38. The Morgan fingerprint density at radius 1 is 0.667 bits per heavy atom. The van der Waals surface area contributed by atoms with Gasteiger partial charge in [0.15, 0.2) is 0 Å². The number of rotatable bonds is 7. The van der Waals surface area contributed by atoms with Crippen LogP contribution in [0, 0.1) is 0 Å². The molecule has 5 heteroatoms. The first-order valence-corrected chi connectivity index (χ1v) is 16.3. The molecule has 0 saturated carbocycles. The van der Waals surface area contributed by atoms with E-state index in [0.717, 1.165) is 0 Å². The van der Waals surface area contributed by atoms with E-state index in [1.165, 1.54) is 18.6 Å². The number of hydrogen-bond acceptors (Lipinski definition) is 4. The Hall–Kier alpha value is 1.62. The highest BCUT2D eigenvalue weighted by Crippen LogP contribution is 2.60. The lowest BCUT2D eigenvalue weighted by Crippen LogP contribution is -2.35. The zero-order valence-corrected chi connectivity index (χ0v) is 20.0. The predicted molar refractivity (Wildman–Crippen MR) is 115 cm³/mol. The molecule has 0 aromatic carbocycles. The summed E-state index contributed by atoms with van der Waals surface area (Å²) in [6.45, 7) is 23.7. The van der Waals surface area contributed by atoms with Gasteiger partial charge in [0.25, 0.3) is 0 Å². The van der Waals surface area contributed by atoms with Crippen LogP contribution in [0.15, 0.2) is 0 Å². The predicted octanol–water partition coefficient (Wildman–Crippen LogP) is 7.55. The van der Waals surface area contributed by atoms with Crippen LogP contribution in [0.1, 0.15) is 82.1 Å². The van der Waals surface area contributed by atoms with Crippen molar-refractivity contribution in [1.29, 1.82) is 0 Å². The molecule has 0 radical (unpaired) electrons.